The van der Waals surface area contributed by atoms with E-state index in [1.54, 1.807) is 6.07 Å². The summed E-state index contributed by atoms with van der Waals surface area (Å²) in [5.74, 6) is -0.636. The van der Waals surface area contributed by atoms with Crippen LogP contribution < -0.4 is 0 Å². The van der Waals surface area contributed by atoms with Crippen LogP contribution in [-0.4, -0.2) is 5.11 Å². The highest BCUT2D eigenvalue weighted by Gasteiger charge is 2.06. The Morgan fingerprint density at radius 2 is 2.08 bits per heavy atom. The standard InChI is InChI=1S/C11H13FO/c1-7(2)8(3)9-4-5-11(13)10(12)6-9/h4-7,13H,3H2,1-2H3. The molecule has 0 unspecified atom stereocenters. The van der Waals surface area contributed by atoms with Gasteiger partial charge in [0.1, 0.15) is 0 Å². The molecule has 0 spiro atoms. The van der Waals surface area contributed by atoms with Crippen molar-refractivity contribution in [2.45, 2.75) is 13.8 Å². The normalized spacial score (nSPS) is 10.5. The maximum atomic E-state index is 12.9. The van der Waals surface area contributed by atoms with Crippen LogP contribution in [0.25, 0.3) is 5.57 Å². The molecule has 0 aromatic heterocycles. The quantitative estimate of drug-likeness (QED) is 0.741. The molecular formula is C11H13FO. The number of hydrogen-bond acceptors (Lipinski definition) is 1. The Morgan fingerprint density at radius 3 is 2.54 bits per heavy atom. The predicted molar refractivity (Wildman–Crippen MR) is 51.9 cm³/mol. The molecule has 0 fully saturated rings. The Bertz CT molecular complexity index is 329. The summed E-state index contributed by atoms with van der Waals surface area (Å²) in [7, 11) is 0. The van der Waals surface area contributed by atoms with Crippen LogP contribution in [0.1, 0.15) is 19.4 Å². The second kappa shape index (κ2) is 3.60. The highest BCUT2D eigenvalue weighted by Crippen LogP contribution is 2.24. The lowest BCUT2D eigenvalue weighted by atomic mass is 9.97. The number of aromatic hydroxyl groups is 1. The van der Waals surface area contributed by atoms with Gasteiger partial charge in [0.15, 0.2) is 11.6 Å². The van der Waals surface area contributed by atoms with Crippen LogP contribution in [-0.2, 0) is 0 Å². The van der Waals surface area contributed by atoms with Crippen LogP contribution in [0.4, 0.5) is 4.39 Å². The first-order chi connectivity index (χ1) is 6.02. The number of benzene rings is 1. The SMILES string of the molecule is C=C(c1ccc(O)c(F)c1)C(C)C. The average Bonchev–Trinajstić information content (AvgIpc) is 2.08. The van der Waals surface area contributed by atoms with E-state index in [1.165, 1.54) is 12.1 Å². The van der Waals surface area contributed by atoms with Gasteiger partial charge in [0, 0.05) is 0 Å². The van der Waals surface area contributed by atoms with Crippen molar-refractivity contribution in [1.29, 1.82) is 0 Å². The Morgan fingerprint density at radius 1 is 1.46 bits per heavy atom. The van der Waals surface area contributed by atoms with E-state index in [1.807, 2.05) is 13.8 Å². The van der Waals surface area contributed by atoms with Crippen molar-refractivity contribution in [3.63, 3.8) is 0 Å². The molecule has 1 nitrogen and oxygen atoms in total. The van der Waals surface area contributed by atoms with E-state index in [0.717, 1.165) is 11.1 Å². The fraction of sp³-hybridized carbons (Fsp3) is 0.273. The van der Waals surface area contributed by atoms with Crippen LogP contribution in [0.15, 0.2) is 24.8 Å². The Labute approximate surface area is 77.5 Å². The van der Waals surface area contributed by atoms with Crippen molar-refractivity contribution in [3.8, 4) is 5.75 Å². The van der Waals surface area contributed by atoms with Gasteiger partial charge in [-0.05, 0) is 29.2 Å². The highest BCUT2D eigenvalue weighted by molar-refractivity contribution is 5.65. The minimum absolute atomic E-state index is 0.281. The number of hydrogen-bond donors (Lipinski definition) is 1. The Balaban J connectivity index is 3.04. The van der Waals surface area contributed by atoms with E-state index in [0.29, 0.717) is 0 Å². The zero-order chi connectivity index (χ0) is 10.0. The van der Waals surface area contributed by atoms with Gasteiger partial charge in [-0.25, -0.2) is 4.39 Å². The summed E-state index contributed by atoms with van der Waals surface area (Å²) in [5.41, 5.74) is 1.62. The first-order valence-electron chi connectivity index (χ1n) is 4.20. The van der Waals surface area contributed by atoms with Gasteiger partial charge >= 0.3 is 0 Å². The lowest BCUT2D eigenvalue weighted by molar-refractivity contribution is 0.432. The molecule has 0 aliphatic heterocycles. The van der Waals surface area contributed by atoms with Gasteiger partial charge in [-0.3, -0.25) is 0 Å². The summed E-state index contributed by atoms with van der Waals surface area (Å²) in [6.07, 6.45) is 0. The molecule has 1 rings (SSSR count). The van der Waals surface area contributed by atoms with Gasteiger partial charge < -0.3 is 5.11 Å². The second-order valence-electron chi connectivity index (χ2n) is 3.35. The number of allylic oxidation sites excluding steroid dienone is 1. The molecule has 2 heteroatoms. The zero-order valence-electron chi connectivity index (χ0n) is 7.84. The molecule has 0 aliphatic rings. The number of phenolic OH excluding ortho intramolecular Hbond substituents is 1. The van der Waals surface area contributed by atoms with Gasteiger partial charge in [0.2, 0.25) is 0 Å². The molecule has 1 aromatic carbocycles. The largest absolute Gasteiger partial charge is 0.505 e. The van der Waals surface area contributed by atoms with Crippen LogP contribution in [0.3, 0.4) is 0 Å². The molecule has 0 atom stereocenters. The molecular weight excluding hydrogens is 167 g/mol. The van der Waals surface area contributed by atoms with Crippen molar-refractivity contribution >= 4 is 5.57 Å². The predicted octanol–water partition coefficient (Wildman–Crippen LogP) is 3.20. The zero-order valence-corrected chi connectivity index (χ0v) is 7.84. The first-order valence-corrected chi connectivity index (χ1v) is 4.20. The van der Waals surface area contributed by atoms with Crippen molar-refractivity contribution in [3.05, 3.63) is 36.2 Å². The van der Waals surface area contributed by atoms with Crippen LogP contribution in [0.2, 0.25) is 0 Å². The number of rotatable bonds is 2. The summed E-state index contributed by atoms with van der Waals surface area (Å²) < 4.78 is 12.9. The van der Waals surface area contributed by atoms with Crippen molar-refractivity contribution in [2.24, 2.45) is 5.92 Å². The van der Waals surface area contributed by atoms with Gasteiger partial charge in [0.05, 0.1) is 0 Å². The van der Waals surface area contributed by atoms with E-state index in [9.17, 15) is 4.39 Å². The minimum Gasteiger partial charge on any atom is -0.505 e. The van der Waals surface area contributed by atoms with Gasteiger partial charge in [-0.15, -0.1) is 0 Å². The van der Waals surface area contributed by atoms with Crippen molar-refractivity contribution in [1.82, 2.24) is 0 Å². The van der Waals surface area contributed by atoms with Crippen molar-refractivity contribution in [2.75, 3.05) is 0 Å². The maximum absolute atomic E-state index is 12.9. The van der Waals surface area contributed by atoms with E-state index in [2.05, 4.69) is 6.58 Å². The second-order valence-corrected chi connectivity index (χ2v) is 3.35. The molecule has 0 aliphatic carbocycles. The van der Waals surface area contributed by atoms with Gasteiger partial charge in [-0.2, -0.15) is 0 Å². The molecule has 0 bridgehead atoms. The summed E-state index contributed by atoms with van der Waals surface area (Å²) >= 11 is 0. The van der Waals surface area contributed by atoms with Crippen LogP contribution in [0, 0.1) is 11.7 Å². The molecule has 0 amide bonds. The highest BCUT2D eigenvalue weighted by atomic mass is 19.1. The third-order valence-electron chi connectivity index (χ3n) is 2.02. The van der Waals surface area contributed by atoms with E-state index < -0.39 is 5.82 Å². The summed E-state index contributed by atoms with van der Waals surface area (Å²) in [6.45, 7) is 7.83. The monoisotopic (exact) mass is 180 g/mol. The van der Waals surface area contributed by atoms with Crippen LogP contribution >= 0.6 is 0 Å². The number of phenols is 1. The molecule has 70 valence electrons. The van der Waals surface area contributed by atoms with E-state index in [4.69, 9.17) is 5.11 Å². The molecule has 13 heavy (non-hydrogen) atoms. The summed E-state index contributed by atoms with van der Waals surface area (Å²) in [5, 5.41) is 8.96. The third kappa shape index (κ3) is 2.08. The molecule has 1 aromatic rings. The molecule has 0 saturated carbocycles. The molecule has 0 saturated heterocycles. The van der Waals surface area contributed by atoms with E-state index in [-0.39, 0.29) is 11.7 Å². The van der Waals surface area contributed by atoms with E-state index >= 15 is 0 Å². The fourth-order valence-electron chi connectivity index (χ4n) is 1.04. The third-order valence-corrected chi connectivity index (χ3v) is 2.02. The van der Waals surface area contributed by atoms with Crippen molar-refractivity contribution < 1.29 is 9.50 Å². The molecule has 0 radical (unpaired) electrons. The molecule has 1 N–H and O–H groups in total. The summed E-state index contributed by atoms with van der Waals surface area (Å²) in [6, 6.07) is 4.32. The maximum Gasteiger partial charge on any atom is 0.165 e. The average molecular weight is 180 g/mol. The lowest BCUT2D eigenvalue weighted by Gasteiger charge is -2.09. The Kier molecular flexibility index (Phi) is 2.71. The first kappa shape index (κ1) is 9.78. The number of halogens is 1. The summed E-state index contributed by atoms with van der Waals surface area (Å²) in [4.78, 5) is 0. The van der Waals surface area contributed by atoms with Gasteiger partial charge in [0.25, 0.3) is 0 Å². The lowest BCUT2D eigenvalue weighted by Crippen LogP contribution is -1.92. The topological polar surface area (TPSA) is 20.2 Å². The Hall–Kier alpha value is -1.31. The molecule has 0 heterocycles. The van der Waals surface area contributed by atoms with Gasteiger partial charge in [-0.1, -0.05) is 26.5 Å². The smallest absolute Gasteiger partial charge is 0.165 e. The minimum atomic E-state index is -0.598. The fourth-order valence-corrected chi connectivity index (χ4v) is 1.04. The van der Waals surface area contributed by atoms with Crippen LogP contribution in [0.5, 0.6) is 5.75 Å².